The summed E-state index contributed by atoms with van der Waals surface area (Å²) < 4.78 is 63.1. The number of phosphoric acid groups is 1. The summed E-state index contributed by atoms with van der Waals surface area (Å²) in [5, 5.41) is 1.30. The van der Waals surface area contributed by atoms with Crippen molar-refractivity contribution in [2.45, 2.75) is 225 Å². The number of hydrogen-bond donors (Lipinski definition) is 2. The second-order valence-electron chi connectivity index (χ2n) is 18.9. The van der Waals surface area contributed by atoms with Crippen LogP contribution in [-0.2, 0) is 42.7 Å². The molecule has 0 aliphatic heterocycles. The number of hydrogen-bond acceptors (Lipinski definition) is 11. The molecule has 406 valence electrons. The fraction of sp³-hybridized carbons (Fsp3) is 0.782. The lowest BCUT2D eigenvalue weighted by Crippen LogP contribution is -2.30. The van der Waals surface area contributed by atoms with E-state index in [1.54, 1.807) is 18.2 Å². The van der Waals surface area contributed by atoms with Gasteiger partial charge >= 0.3 is 19.8 Å². The average Bonchev–Trinajstić information content (AvgIpc) is 3.34. The minimum atomic E-state index is -4.72. The van der Waals surface area contributed by atoms with E-state index < -0.39 is 49.1 Å². The van der Waals surface area contributed by atoms with E-state index in [-0.39, 0.29) is 30.9 Å². The van der Waals surface area contributed by atoms with Gasteiger partial charge in [0.2, 0.25) is 10.0 Å². The summed E-state index contributed by atoms with van der Waals surface area (Å²) in [4.78, 5) is 40.3. The van der Waals surface area contributed by atoms with E-state index >= 15 is 0 Å². The zero-order valence-corrected chi connectivity index (χ0v) is 46.9. The first-order valence-electron chi connectivity index (χ1n) is 27.6. The Kier molecular flexibility index (Phi) is 39.1. The molecule has 0 aliphatic carbocycles. The molecule has 0 spiro atoms. The molecule has 0 radical (unpaired) electrons. The van der Waals surface area contributed by atoms with Gasteiger partial charge in [-0.25, -0.2) is 17.7 Å². The van der Waals surface area contributed by atoms with Gasteiger partial charge in [-0.3, -0.25) is 18.6 Å². The van der Waals surface area contributed by atoms with E-state index in [4.69, 9.17) is 18.5 Å². The van der Waals surface area contributed by atoms with Crippen molar-refractivity contribution >= 4 is 46.2 Å². The Labute approximate surface area is 426 Å². The Morgan fingerprint density at radius 1 is 0.586 bits per heavy atom. The van der Waals surface area contributed by atoms with Gasteiger partial charge in [-0.05, 0) is 44.6 Å². The topological polar surface area (TPSA) is 161 Å². The molecule has 0 saturated heterocycles. The lowest BCUT2D eigenvalue weighted by Gasteiger charge is -2.20. The van der Waals surface area contributed by atoms with Crippen LogP contribution in [0.5, 0.6) is 0 Å². The summed E-state index contributed by atoms with van der Waals surface area (Å²) in [6.07, 6.45) is 30.1. The molecule has 2 N–H and O–H groups in total. The highest BCUT2D eigenvalue weighted by Crippen LogP contribution is 2.43. The average molecular weight is 1030 g/mol. The number of nitrogens with one attached hydrogen (secondary N) is 1. The van der Waals surface area contributed by atoms with Crippen LogP contribution in [0, 0.1) is 0 Å². The van der Waals surface area contributed by atoms with Crippen molar-refractivity contribution in [1.82, 2.24) is 9.62 Å². The molecule has 70 heavy (non-hydrogen) atoms. The van der Waals surface area contributed by atoms with Crippen LogP contribution in [0.4, 0.5) is 5.69 Å². The Hall–Kier alpha value is -2.58. The molecular weight excluding hydrogens is 926 g/mol. The molecule has 0 fully saturated rings. The number of ether oxygens (including phenoxy) is 2. The largest absolute Gasteiger partial charge is 0.472 e. The maximum absolute atomic E-state index is 13.3. The highest BCUT2D eigenvalue weighted by atomic mass is 32.2. The SMILES string of the molecule is CCCCCCCCCCCCCCCC(=O)OC[C@H](COP(=O)(O)OCCNS(=O)(=O)c1cccc2c(N(C)C)cccc12)OC(=O)CCCCCCCCCCCCCCC.CCN(CC)CC. The zero-order chi connectivity index (χ0) is 51.7. The summed E-state index contributed by atoms with van der Waals surface area (Å²) in [5.74, 6) is -0.941. The lowest BCUT2D eigenvalue weighted by atomic mass is 10.0. The summed E-state index contributed by atoms with van der Waals surface area (Å²) in [6, 6.07) is 10.4. The van der Waals surface area contributed by atoms with Crippen LogP contribution >= 0.6 is 7.82 Å². The van der Waals surface area contributed by atoms with E-state index in [2.05, 4.69) is 44.2 Å². The molecule has 0 aromatic heterocycles. The number of fused-ring (bicyclic) bond motifs is 1. The quantitative estimate of drug-likeness (QED) is 0.0368. The lowest BCUT2D eigenvalue weighted by molar-refractivity contribution is -0.161. The summed E-state index contributed by atoms with van der Waals surface area (Å²) in [5.41, 5.74) is 0.861. The minimum Gasteiger partial charge on any atom is -0.462 e. The van der Waals surface area contributed by atoms with Gasteiger partial charge in [-0.2, -0.15) is 0 Å². The van der Waals surface area contributed by atoms with Crippen molar-refractivity contribution in [3.8, 4) is 0 Å². The molecule has 2 aromatic rings. The van der Waals surface area contributed by atoms with E-state index in [9.17, 15) is 27.5 Å². The first kappa shape index (κ1) is 65.4. The molecule has 2 rings (SSSR count). The van der Waals surface area contributed by atoms with Gasteiger partial charge in [-0.1, -0.05) is 213 Å². The zero-order valence-electron chi connectivity index (χ0n) is 45.2. The van der Waals surface area contributed by atoms with E-state index in [0.29, 0.717) is 18.2 Å². The fourth-order valence-corrected chi connectivity index (χ4v) is 10.4. The van der Waals surface area contributed by atoms with Crippen LogP contribution < -0.4 is 9.62 Å². The normalized spacial score (nSPS) is 12.9. The second kappa shape index (κ2) is 41.8. The van der Waals surface area contributed by atoms with Gasteiger partial charge in [0.1, 0.15) is 6.61 Å². The molecule has 2 aromatic carbocycles. The van der Waals surface area contributed by atoms with Crippen LogP contribution in [0.3, 0.4) is 0 Å². The molecule has 0 amide bonds. The van der Waals surface area contributed by atoms with Gasteiger partial charge in [0.05, 0.1) is 18.1 Å². The molecule has 0 bridgehead atoms. The number of anilines is 1. The van der Waals surface area contributed by atoms with Crippen LogP contribution in [-0.4, -0.2) is 96.3 Å². The van der Waals surface area contributed by atoms with Crippen molar-refractivity contribution in [1.29, 1.82) is 0 Å². The maximum atomic E-state index is 13.3. The van der Waals surface area contributed by atoms with Gasteiger partial charge in [-0.15, -0.1) is 0 Å². The molecule has 2 atom stereocenters. The number of benzene rings is 2. The molecule has 13 nitrogen and oxygen atoms in total. The van der Waals surface area contributed by atoms with Gasteiger partial charge in [0, 0.05) is 49.9 Å². The van der Waals surface area contributed by atoms with Gasteiger partial charge < -0.3 is 24.2 Å². The molecule has 15 heteroatoms. The van der Waals surface area contributed by atoms with E-state index in [0.717, 1.165) is 49.6 Å². The third-order valence-corrected chi connectivity index (χ3v) is 15.2. The maximum Gasteiger partial charge on any atom is 0.472 e. The van der Waals surface area contributed by atoms with Crippen molar-refractivity contribution in [3.05, 3.63) is 36.4 Å². The fourth-order valence-electron chi connectivity index (χ4n) is 8.38. The standard InChI is InChI=1S/C49H85N2O10PS.C6H15N/c1-5-7-9-11-13-15-17-19-21-23-25-27-29-37-48(52)58-41-43(61-49(53)38-30-28-26-24-22-20-18-16-14-12-10-8-6-2)42-60-62(54,55)59-40-39-50-63(56,57)47-36-32-33-44-45(47)34-31-35-46(44)51(3)4;1-4-7(5-2)6-3/h31-36,43,50H,5-30,37-42H2,1-4H3,(H,54,55);4-6H2,1-3H3/t43-;/m1./s1. The Morgan fingerprint density at radius 3 is 1.46 bits per heavy atom. The Bertz CT molecular complexity index is 1770. The highest BCUT2D eigenvalue weighted by Gasteiger charge is 2.27. The third-order valence-electron chi connectivity index (χ3n) is 12.7. The van der Waals surface area contributed by atoms with Crippen molar-refractivity contribution in [2.75, 3.05) is 65.0 Å². The van der Waals surface area contributed by atoms with Crippen LogP contribution in [0.25, 0.3) is 10.8 Å². The predicted molar refractivity (Wildman–Crippen MR) is 290 cm³/mol. The molecule has 0 saturated carbocycles. The molecule has 1 unspecified atom stereocenters. The number of esters is 2. The van der Waals surface area contributed by atoms with Crippen molar-refractivity contribution in [2.24, 2.45) is 0 Å². The van der Waals surface area contributed by atoms with Crippen LogP contribution in [0.15, 0.2) is 41.3 Å². The van der Waals surface area contributed by atoms with E-state index in [1.807, 2.05) is 31.1 Å². The Morgan fingerprint density at radius 2 is 1.01 bits per heavy atom. The smallest absolute Gasteiger partial charge is 0.462 e. The third kappa shape index (κ3) is 32.5. The van der Waals surface area contributed by atoms with Crippen LogP contribution in [0.1, 0.15) is 214 Å². The summed E-state index contributed by atoms with van der Waals surface area (Å²) in [7, 11) is -4.97. The molecule has 0 aliphatic rings. The number of carbonyl (C=O) groups excluding carboxylic acids is 2. The number of phosphoric ester groups is 1. The number of carbonyl (C=O) groups is 2. The van der Waals surface area contributed by atoms with Crippen molar-refractivity contribution in [3.63, 3.8) is 0 Å². The monoisotopic (exact) mass is 1030 g/mol. The van der Waals surface area contributed by atoms with Gasteiger partial charge in [0.15, 0.2) is 6.10 Å². The first-order chi connectivity index (χ1) is 33.7. The van der Waals surface area contributed by atoms with Crippen LogP contribution in [0.2, 0.25) is 0 Å². The van der Waals surface area contributed by atoms with E-state index in [1.165, 1.54) is 141 Å². The molecule has 0 heterocycles. The predicted octanol–water partition coefficient (Wildman–Crippen LogP) is 14.1. The minimum absolute atomic E-state index is 0.0687. The number of rotatable bonds is 44. The second-order valence-corrected chi connectivity index (χ2v) is 22.1. The number of sulfonamides is 1. The van der Waals surface area contributed by atoms with Crippen molar-refractivity contribution < 1.29 is 46.0 Å². The number of unbranched alkanes of at least 4 members (excludes halogenated alkanes) is 24. The Balaban J connectivity index is 0.00000323. The van der Waals surface area contributed by atoms with Gasteiger partial charge in [0.25, 0.3) is 0 Å². The summed E-state index contributed by atoms with van der Waals surface area (Å²) in [6.45, 7) is 12.9. The summed E-state index contributed by atoms with van der Waals surface area (Å²) >= 11 is 0. The first-order valence-corrected chi connectivity index (χ1v) is 30.6. The number of nitrogens with zero attached hydrogens (tertiary/aromatic N) is 2. The molecular formula is C55H100N3O10PS. The highest BCUT2D eigenvalue weighted by molar-refractivity contribution is 7.89.